The molecule has 0 spiro atoms. The van der Waals surface area contributed by atoms with Crippen LogP contribution in [0.2, 0.25) is 0 Å². The van der Waals surface area contributed by atoms with Gasteiger partial charge in [0.15, 0.2) is 5.78 Å². The molecule has 144 valence electrons. The maximum Gasteiger partial charge on any atom is 0.307 e. The van der Waals surface area contributed by atoms with Crippen molar-refractivity contribution in [3.05, 3.63) is 35.9 Å². The van der Waals surface area contributed by atoms with Crippen LogP contribution in [-0.2, 0) is 19.1 Å². The molecule has 1 aromatic rings. The molecule has 0 aliphatic heterocycles. The van der Waals surface area contributed by atoms with E-state index in [4.69, 9.17) is 14.6 Å². The molecule has 26 heavy (non-hydrogen) atoms. The van der Waals surface area contributed by atoms with E-state index in [0.717, 1.165) is 0 Å². The van der Waals surface area contributed by atoms with Gasteiger partial charge in [-0.05, 0) is 6.92 Å². The van der Waals surface area contributed by atoms with Crippen LogP contribution in [0, 0.1) is 0 Å². The van der Waals surface area contributed by atoms with E-state index in [1.165, 1.54) is 4.90 Å². The summed E-state index contributed by atoms with van der Waals surface area (Å²) >= 11 is 0. The standard InChI is InChI=1S/C19H27NO6/c1-2-26-19(24)10-11-20(12-14-25-15-13-21)18(23)9-8-17(22)16-6-4-3-5-7-16/h3-7,21H,2,8-15H2,1H3. The minimum Gasteiger partial charge on any atom is -0.466 e. The number of carbonyl (C=O) groups excluding carboxylic acids is 3. The van der Waals surface area contributed by atoms with Gasteiger partial charge in [-0.15, -0.1) is 0 Å². The van der Waals surface area contributed by atoms with E-state index in [1.54, 1.807) is 31.2 Å². The Morgan fingerprint density at radius 3 is 2.38 bits per heavy atom. The molecule has 7 nitrogen and oxygen atoms in total. The Morgan fingerprint density at radius 1 is 1.00 bits per heavy atom. The van der Waals surface area contributed by atoms with Gasteiger partial charge in [-0.1, -0.05) is 30.3 Å². The highest BCUT2D eigenvalue weighted by molar-refractivity contribution is 5.97. The van der Waals surface area contributed by atoms with Gasteiger partial charge >= 0.3 is 5.97 Å². The highest BCUT2D eigenvalue weighted by Gasteiger charge is 2.17. The highest BCUT2D eigenvalue weighted by Crippen LogP contribution is 2.07. The Bertz CT molecular complexity index is 560. The van der Waals surface area contributed by atoms with Crippen LogP contribution in [0.15, 0.2) is 30.3 Å². The smallest absolute Gasteiger partial charge is 0.307 e. The molecule has 1 rings (SSSR count). The number of hydrogen-bond donors (Lipinski definition) is 1. The fraction of sp³-hybridized carbons (Fsp3) is 0.526. The van der Waals surface area contributed by atoms with Gasteiger partial charge in [-0.25, -0.2) is 0 Å². The van der Waals surface area contributed by atoms with Crippen LogP contribution in [0.5, 0.6) is 0 Å². The van der Waals surface area contributed by atoms with Crippen LogP contribution in [-0.4, -0.2) is 67.2 Å². The van der Waals surface area contributed by atoms with E-state index in [2.05, 4.69) is 0 Å². The fourth-order valence-electron chi connectivity index (χ4n) is 2.31. The number of Topliss-reactive ketones (excluding diaryl/α,β-unsaturated/α-hetero) is 1. The normalized spacial score (nSPS) is 10.4. The van der Waals surface area contributed by atoms with Crippen molar-refractivity contribution < 1.29 is 29.0 Å². The Balaban J connectivity index is 2.52. The average molecular weight is 365 g/mol. The molecular formula is C19H27NO6. The first-order chi connectivity index (χ1) is 12.6. The third kappa shape index (κ3) is 8.73. The molecule has 0 saturated carbocycles. The number of hydrogen-bond acceptors (Lipinski definition) is 6. The fourth-order valence-corrected chi connectivity index (χ4v) is 2.31. The quantitative estimate of drug-likeness (QED) is 0.323. The molecule has 0 atom stereocenters. The number of aliphatic hydroxyl groups excluding tert-OH is 1. The second kappa shape index (κ2) is 13.0. The largest absolute Gasteiger partial charge is 0.466 e. The first kappa shape index (κ1) is 21.8. The zero-order valence-electron chi connectivity index (χ0n) is 15.2. The molecule has 0 aromatic heterocycles. The number of aliphatic hydroxyl groups is 1. The third-order valence-corrected chi connectivity index (χ3v) is 3.65. The lowest BCUT2D eigenvalue weighted by Crippen LogP contribution is -2.36. The lowest BCUT2D eigenvalue weighted by atomic mass is 10.1. The summed E-state index contributed by atoms with van der Waals surface area (Å²) < 4.78 is 10.1. The number of rotatable bonds is 13. The average Bonchev–Trinajstić information content (AvgIpc) is 2.66. The monoisotopic (exact) mass is 365 g/mol. The second-order valence-electron chi connectivity index (χ2n) is 5.56. The van der Waals surface area contributed by atoms with Crippen LogP contribution in [0.25, 0.3) is 0 Å². The topological polar surface area (TPSA) is 93.1 Å². The number of esters is 1. The van der Waals surface area contributed by atoms with Crippen LogP contribution in [0.1, 0.15) is 36.5 Å². The van der Waals surface area contributed by atoms with E-state index >= 15 is 0 Å². The molecule has 0 aliphatic carbocycles. The first-order valence-corrected chi connectivity index (χ1v) is 8.78. The van der Waals surface area contributed by atoms with Gasteiger partial charge < -0.3 is 19.5 Å². The maximum atomic E-state index is 12.4. The van der Waals surface area contributed by atoms with E-state index in [9.17, 15) is 14.4 Å². The number of amides is 1. The van der Waals surface area contributed by atoms with Gasteiger partial charge in [0.25, 0.3) is 0 Å². The first-order valence-electron chi connectivity index (χ1n) is 8.78. The summed E-state index contributed by atoms with van der Waals surface area (Å²) in [5.41, 5.74) is 0.574. The van der Waals surface area contributed by atoms with Crippen molar-refractivity contribution in [1.82, 2.24) is 4.90 Å². The van der Waals surface area contributed by atoms with Crippen molar-refractivity contribution in [2.45, 2.75) is 26.2 Å². The SMILES string of the molecule is CCOC(=O)CCN(CCOCCO)C(=O)CCC(=O)c1ccccc1. The van der Waals surface area contributed by atoms with Gasteiger partial charge in [0.1, 0.15) is 0 Å². The zero-order valence-corrected chi connectivity index (χ0v) is 15.2. The molecule has 1 N–H and O–H groups in total. The van der Waals surface area contributed by atoms with E-state index in [0.29, 0.717) is 5.56 Å². The molecule has 7 heteroatoms. The Hall–Kier alpha value is -2.25. The second-order valence-corrected chi connectivity index (χ2v) is 5.56. The van der Waals surface area contributed by atoms with Gasteiger partial charge in [0.2, 0.25) is 5.91 Å². The number of ether oxygens (including phenoxy) is 2. The lowest BCUT2D eigenvalue weighted by Gasteiger charge is -2.22. The molecule has 0 bridgehead atoms. The molecule has 1 aromatic carbocycles. The molecule has 0 aliphatic rings. The van der Waals surface area contributed by atoms with E-state index < -0.39 is 0 Å². The van der Waals surface area contributed by atoms with Gasteiger partial charge in [0.05, 0.1) is 32.8 Å². The molecule has 0 radical (unpaired) electrons. The minimum absolute atomic E-state index is 0.0660. The summed E-state index contributed by atoms with van der Waals surface area (Å²) in [5.74, 6) is -0.686. The van der Waals surface area contributed by atoms with Crippen LogP contribution >= 0.6 is 0 Å². The van der Waals surface area contributed by atoms with Crippen molar-refractivity contribution >= 4 is 17.7 Å². The number of nitrogens with zero attached hydrogens (tertiary/aromatic N) is 1. The number of benzene rings is 1. The van der Waals surface area contributed by atoms with Crippen molar-refractivity contribution in [2.75, 3.05) is 39.5 Å². The third-order valence-electron chi connectivity index (χ3n) is 3.65. The maximum absolute atomic E-state index is 12.4. The summed E-state index contributed by atoms with van der Waals surface area (Å²) in [4.78, 5) is 37.6. The molecule has 0 unspecified atom stereocenters. The number of carbonyl (C=O) groups is 3. The highest BCUT2D eigenvalue weighted by atomic mass is 16.5. The molecule has 0 heterocycles. The van der Waals surface area contributed by atoms with E-state index in [1.807, 2.05) is 6.07 Å². The van der Waals surface area contributed by atoms with Crippen molar-refractivity contribution in [2.24, 2.45) is 0 Å². The van der Waals surface area contributed by atoms with Crippen LogP contribution in [0.4, 0.5) is 0 Å². The van der Waals surface area contributed by atoms with Crippen molar-refractivity contribution in [1.29, 1.82) is 0 Å². The van der Waals surface area contributed by atoms with Gasteiger partial charge in [0, 0.05) is 31.5 Å². The van der Waals surface area contributed by atoms with Crippen molar-refractivity contribution in [3.63, 3.8) is 0 Å². The van der Waals surface area contributed by atoms with E-state index in [-0.39, 0.29) is 76.4 Å². The zero-order chi connectivity index (χ0) is 19.2. The lowest BCUT2D eigenvalue weighted by molar-refractivity contribution is -0.144. The summed E-state index contributed by atoms with van der Waals surface area (Å²) in [5, 5.41) is 8.73. The Morgan fingerprint density at radius 2 is 1.73 bits per heavy atom. The van der Waals surface area contributed by atoms with Crippen LogP contribution < -0.4 is 0 Å². The molecule has 0 fully saturated rings. The van der Waals surface area contributed by atoms with Gasteiger partial charge in [-0.3, -0.25) is 14.4 Å². The summed E-state index contributed by atoms with van der Waals surface area (Å²) in [6, 6.07) is 8.81. The van der Waals surface area contributed by atoms with Gasteiger partial charge in [-0.2, -0.15) is 0 Å². The Kier molecular flexibility index (Phi) is 10.9. The predicted molar refractivity (Wildman–Crippen MR) is 95.7 cm³/mol. The minimum atomic E-state index is -0.373. The molecule has 0 saturated heterocycles. The molecular weight excluding hydrogens is 338 g/mol. The number of ketones is 1. The van der Waals surface area contributed by atoms with Crippen molar-refractivity contribution in [3.8, 4) is 0 Å². The van der Waals surface area contributed by atoms with Crippen LogP contribution in [0.3, 0.4) is 0 Å². The summed E-state index contributed by atoms with van der Waals surface area (Å²) in [6.45, 7) is 2.85. The summed E-state index contributed by atoms with van der Waals surface area (Å²) in [7, 11) is 0. The summed E-state index contributed by atoms with van der Waals surface area (Å²) in [6.07, 6.45) is 0.263. The predicted octanol–water partition coefficient (Wildman–Crippen LogP) is 1.44. The molecule has 1 amide bonds. The Labute approximate surface area is 153 Å².